The maximum Gasteiger partial charge on any atom is 0.0853 e. The van der Waals surface area contributed by atoms with Crippen LogP contribution in [0.15, 0.2) is 12.3 Å². The minimum atomic E-state index is 0.791. The van der Waals surface area contributed by atoms with Crippen LogP contribution in [-0.2, 0) is 33.0 Å². The van der Waals surface area contributed by atoms with Gasteiger partial charge in [0.05, 0.1) is 29.3 Å². The van der Waals surface area contributed by atoms with Gasteiger partial charge in [0, 0.05) is 19.8 Å². The Labute approximate surface area is 114 Å². The predicted molar refractivity (Wildman–Crippen MR) is 77.2 cm³/mol. The molecule has 0 amide bonds. The summed E-state index contributed by atoms with van der Waals surface area (Å²) in [5.41, 5.74) is 4.61. The standard InChI is InChI=1S/C14H23N5/c1-5-11-8-12(19(7-3)16-11)9-15-14-10-18(4)17-13(14)6-2/h8,10,15H,5-7,9H2,1-4H3. The van der Waals surface area contributed by atoms with Gasteiger partial charge in [0.15, 0.2) is 0 Å². The van der Waals surface area contributed by atoms with Crippen LogP contribution < -0.4 is 5.32 Å². The molecule has 0 aliphatic heterocycles. The minimum Gasteiger partial charge on any atom is -0.377 e. The van der Waals surface area contributed by atoms with Gasteiger partial charge in [0.25, 0.3) is 0 Å². The Balaban J connectivity index is 2.11. The van der Waals surface area contributed by atoms with Crippen molar-refractivity contribution in [3.05, 3.63) is 29.3 Å². The largest absolute Gasteiger partial charge is 0.377 e. The Morgan fingerprint density at radius 2 is 1.95 bits per heavy atom. The molecule has 5 heteroatoms. The highest BCUT2D eigenvalue weighted by molar-refractivity contribution is 5.46. The number of rotatable bonds is 6. The maximum absolute atomic E-state index is 4.56. The second-order valence-electron chi connectivity index (χ2n) is 4.67. The first-order valence-corrected chi connectivity index (χ1v) is 6.99. The Morgan fingerprint density at radius 3 is 2.58 bits per heavy atom. The van der Waals surface area contributed by atoms with E-state index < -0.39 is 0 Å². The molecule has 0 saturated carbocycles. The zero-order valence-electron chi connectivity index (χ0n) is 12.3. The van der Waals surface area contributed by atoms with E-state index in [9.17, 15) is 0 Å². The van der Waals surface area contributed by atoms with Crippen molar-refractivity contribution >= 4 is 5.69 Å². The van der Waals surface area contributed by atoms with Gasteiger partial charge in [-0.1, -0.05) is 13.8 Å². The lowest BCUT2D eigenvalue weighted by molar-refractivity contribution is 0.619. The third-order valence-electron chi connectivity index (χ3n) is 3.28. The molecular formula is C14H23N5. The van der Waals surface area contributed by atoms with Crippen molar-refractivity contribution in [2.45, 2.75) is 46.7 Å². The number of aromatic nitrogens is 4. The van der Waals surface area contributed by atoms with Crippen LogP contribution >= 0.6 is 0 Å². The smallest absolute Gasteiger partial charge is 0.0853 e. The molecule has 0 aliphatic carbocycles. The van der Waals surface area contributed by atoms with E-state index in [1.54, 1.807) is 0 Å². The first-order chi connectivity index (χ1) is 9.17. The van der Waals surface area contributed by atoms with Crippen LogP contribution in [0.2, 0.25) is 0 Å². The molecule has 19 heavy (non-hydrogen) atoms. The van der Waals surface area contributed by atoms with Crippen molar-refractivity contribution < 1.29 is 0 Å². The van der Waals surface area contributed by atoms with Crippen LogP contribution in [0.5, 0.6) is 0 Å². The molecule has 0 spiro atoms. The van der Waals surface area contributed by atoms with Crippen molar-refractivity contribution in [3.8, 4) is 0 Å². The summed E-state index contributed by atoms with van der Waals surface area (Å²) >= 11 is 0. The summed E-state index contributed by atoms with van der Waals surface area (Å²) in [6.45, 7) is 8.08. The first-order valence-electron chi connectivity index (χ1n) is 6.99. The third kappa shape index (κ3) is 2.97. The van der Waals surface area contributed by atoms with Gasteiger partial charge in [-0.25, -0.2) is 0 Å². The average Bonchev–Trinajstić information content (AvgIpc) is 2.98. The van der Waals surface area contributed by atoms with E-state index in [2.05, 4.69) is 47.0 Å². The van der Waals surface area contributed by atoms with E-state index in [-0.39, 0.29) is 0 Å². The minimum absolute atomic E-state index is 0.791. The van der Waals surface area contributed by atoms with Crippen LogP contribution in [0.1, 0.15) is 37.9 Å². The van der Waals surface area contributed by atoms with E-state index in [1.807, 2.05) is 17.9 Å². The van der Waals surface area contributed by atoms with Crippen LogP contribution in [-0.4, -0.2) is 19.6 Å². The fraction of sp³-hybridized carbons (Fsp3) is 0.571. The van der Waals surface area contributed by atoms with E-state index in [1.165, 1.54) is 5.69 Å². The van der Waals surface area contributed by atoms with Gasteiger partial charge in [-0.05, 0) is 25.8 Å². The lowest BCUT2D eigenvalue weighted by Crippen LogP contribution is -2.08. The van der Waals surface area contributed by atoms with Gasteiger partial charge in [-0.15, -0.1) is 0 Å². The number of nitrogens with zero attached hydrogens (tertiary/aromatic N) is 4. The number of aryl methyl sites for hydroxylation is 4. The summed E-state index contributed by atoms with van der Waals surface area (Å²) in [5, 5.41) is 12.5. The molecule has 2 aromatic rings. The van der Waals surface area contributed by atoms with Crippen LogP contribution in [0.4, 0.5) is 5.69 Å². The summed E-state index contributed by atoms with van der Waals surface area (Å²) in [5.74, 6) is 0. The van der Waals surface area contributed by atoms with Crippen molar-refractivity contribution in [3.63, 3.8) is 0 Å². The first kappa shape index (κ1) is 13.6. The highest BCUT2D eigenvalue weighted by atomic mass is 15.3. The maximum atomic E-state index is 4.56. The fourth-order valence-corrected chi connectivity index (χ4v) is 2.23. The Morgan fingerprint density at radius 1 is 1.16 bits per heavy atom. The predicted octanol–water partition coefficient (Wildman–Crippen LogP) is 2.37. The molecule has 0 bridgehead atoms. The molecular weight excluding hydrogens is 238 g/mol. The van der Waals surface area contributed by atoms with E-state index in [0.717, 1.165) is 43.0 Å². The number of anilines is 1. The van der Waals surface area contributed by atoms with Gasteiger partial charge >= 0.3 is 0 Å². The van der Waals surface area contributed by atoms with Crippen molar-refractivity contribution in [1.82, 2.24) is 19.6 Å². The average molecular weight is 261 g/mol. The number of nitrogens with one attached hydrogen (secondary N) is 1. The molecule has 5 nitrogen and oxygen atoms in total. The highest BCUT2D eigenvalue weighted by Crippen LogP contribution is 2.15. The van der Waals surface area contributed by atoms with Crippen molar-refractivity contribution in [1.29, 1.82) is 0 Å². The van der Waals surface area contributed by atoms with Crippen LogP contribution in [0.3, 0.4) is 0 Å². The van der Waals surface area contributed by atoms with Gasteiger partial charge < -0.3 is 5.32 Å². The van der Waals surface area contributed by atoms with Crippen LogP contribution in [0.25, 0.3) is 0 Å². The quantitative estimate of drug-likeness (QED) is 0.868. The van der Waals surface area contributed by atoms with E-state index in [0.29, 0.717) is 0 Å². The molecule has 2 aromatic heterocycles. The molecule has 0 atom stereocenters. The van der Waals surface area contributed by atoms with Crippen molar-refractivity contribution in [2.75, 3.05) is 5.32 Å². The molecule has 0 aliphatic rings. The van der Waals surface area contributed by atoms with Crippen molar-refractivity contribution in [2.24, 2.45) is 7.05 Å². The molecule has 0 radical (unpaired) electrons. The summed E-state index contributed by atoms with van der Waals surface area (Å²) in [6.07, 6.45) is 3.95. The molecule has 0 aromatic carbocycles. The second kappa shape index (κ2) is 5.91. The van der Waals surface area contributed by atoms with Gasteiger partial charge in [0.2, 0.25) is 0 Å². The molecule has 104 valence electrons. The lowest BCUT2D eigenvalue weighted by Gasteiger charge is -2.07. The molecule has 0 fully saturated rings. The van der Waals surface area contributed by atoms with E-state index >= 15 is 0 Å². The summed E-state index contributed by atoms with van der Waals surface area (Å²) in [6, 6.07) is 2.18. The fourth-order valence-electron chi connectivity index (χ4n) is 2.23. The van der Waals surface area contributed by atoms with Gasteiger partial charge in [-0.3, -0.25) is 9.36 Å². The monoisotopic (exact) mass is 261 g/mol. The summed E-state index contributed by atoms with van der Waals surface area (Å²) < 4.78 is 3.92. The number of hydrogen-bond donors (Lipinski definition) is 1. The zero-order valence-corrected chi connectivity index (χ0v) is 12.3. The van der Waals surface area contributed by atoms with Gasteiger partial charge in [-0.2, -0.15) is 10.2 Å². The Bertz CT molecular complexity index is 538. The molecule has 0 saturated heterocycles. The molecule has 1 N–H and O–H groups in total. The SMILES string of the molecule is CCc1cc(CNc2cn(C)nc2CC)n(CC)n1. The summed E-state index contributed by atoms with van der Waals surface area (Å²) in [4.78, 5) is 0. The molecule has 0 unspecified atom stereocenters. The zero-order chi connectivity index (χ0) is 13.8. The third-order valence-corrected chi connectivity index (χ3v) is 3.28. The molecule has 2 rings (SSSR count). The Kier molecular flexibility index (Phi) is 4.24. The van der Waals surface area contributed by atoms with E-state index in [4.69, 9.17) is 0 Å². The molecule has 2 heterocycles. The Hall–Kier alpha value is -1.78. The lowest BCUT2D eigenvalue weighted by atomic mass is 10.2. The summed E-state index contributed by atoms with van der Waals surface area (Å²) in [7, 11) is 1.95. The second-order valence-corrected chi connectivity index (χ2v) is 4.67. The highest BCUT2D eigenvalue weighted by Gasteiger charge is 2.08. The normalized spacial score (nSPS) is 10.9. The topological polar surface area (TPSA) is 47.7 Å². The number of hydrogen-bond acceptors (Lipinski definition) is 3. The van der Waals surface area contributed by atoms with Gasteiger partial charge in [0.1, 0.15) is 0 Å². The van der Waals surface area contributed by atoms with Crippen LogP contribution in [0, 0.1) is 0 Å².